The summed E-state index contributed by atoms with van der Waals surface area (Å²) in [5.74, 6) is 0.751. The summed E-state index contributed by atoms with van der Waals surface area (Å²) in [5, 5.41) is 18.2. The number of unbranched alkanes of at least 4 members (excludes halogenated alkanes) is 2. The normalized spacial score (nSPS) is 12.4. The maximum atomic E-state index is 9.53. The van der Waals surface area contributed by atoms with Crippen molar-refractivity contribution in [2.75, 3.05) is 13.2 Å². The average Bonchev–Trinajstić information content (AvgIpc) is 2.29. The van der Waals surface area contributed by atoms with Gasteiger partial charge in [-0.1, -0.05) is 18.2 Å². The number of ether oxygens (including phenoxy) is 1. The maximum Gasteiger partial charge on any atom is 0.125 e. The van der Waals surface area contributed by atoms with Crippen LogP contribution in [0.2, 0.25) is 0 Å². The Hall–Kier alpha value is -1.06. The molecule has 1 aromatic carbocycles. The van der Waals surface area contributed by atoms with E-state index in [0.717, 1.165) is 30.6 Å². The van der Waals surface area contributed by atoms with Gasteiger partial charge in [0, 0.05) is 12.2 Å². The fourth-order valence-electron chi connectivity index (χ4n) is 1.53. The highest BCUT2D eigenvalue weighted by atomic mass is 16.5. The molecule has 0 unspecified atom stereocenters. The number of hydrogen-bond acceptors (Lipinski definition) is 3. The topological polar surface area (TPSA) is 49.7 Å². The number of para-hydroxylation sites is 1. The van der Waals surface area contributed by atoms with Crippen LogP contribution in [0.25, 0.3) is 0 Å². The molecule has 0 aliphatic rings. The van der Waals surface area contributed by atoms with Crippen molar-refractivity contribution in [3.63, 3.8) is 0 Å². The van der Waals surface area contributed by atoms with Crippen LogP contribution < -0.4 is 4.74 Å². The zero-order valence-electron chi connectivity index (χ0n) is 9.72. The van der Waals surface area contributed by atoms with Gasteiger partial charge in [-0.3, -0.25) is 0 Å². The molecular formula is C13H20O3. The molecule has 0 bridgehead atoms. The van der Waals surface area contributed by atoms with Gasteiger partial charge in [0.05, 0.1) is 12.7 Å². The van der Waals surface area contributed by atoms with E-state index in [1.165, 1.54) is 0 Å². The van der Waals surface area contributed by atoms with Crippen molar-refractivity contribution >= 4 is 0 Å². The van der Waals surface area contributed by atoms with Crippen LogP contribution >= 0.6 is 0 Å². The average molecular weight is 224 g/mol. The SMILES string of the molecule is C[C@H](O)c1ccccc1OCCCCCO. The predicted molar refractivity (Wildman–Crippen MR) is 63.5 cm³/mol. The van der Waals surface area contributed by atoms with Gasteiger partial charge >= 0.3 is 0 Å². The van der Waals surface area contributed by atoms with Crippen LogP contribution in [-0.2, 0) is 0 Å². The van der Waals surface area contributed by atoms with E-state index >= 15 is 0 Å². The highest BCUT2D eigenvalue weighted by Crippen LogP contribution is 2.24. The van der Waals surface area contributed by atoms with Gasteiger partial charge < -0.3 is 14.9 Å². The van der Waals surface area contributed by atoms with Gasteiger partial charge in [0.1, 0.15) is 5.75 Å². The van der Waals surface area contributed by atoms with Crippen LogP contribution in [0, 0.1) is 0 Å². The first kappa shape index (κ1) is 13.0. The number of rotatable bonds is 7. The van der Waals surface area contributed by atoms with Crippen LogP contribution in [0.5, 0.6) is 5.75 Å². The molecule has 0 saturated carbocycles. The van der Waals surface area contributed by atoms with Gasteiger partial charge in [0.25, 0.3) is 0 Å². The third-order valence-electron chi connectivity index (χ3n) is 2.43. The fraction of sp³-hybridized carbons (Fsp3) is 0.538. The lowest BCUT2D eigenvalue weighted by atomic mass is 10.1. The Balaban J connectivity index is 2.41. The molecule has 1 atom stereocenters. The van der Waals surface area contributed by atoms with Gasteiger partial charge in [0.2, 0.25) is 0 Å². The second kappa shape index (κ2) is 7.25. The van der Waals surface area contributed by atoms with E-state index in [1.54, 1.807) is 6.92 Å². The molecule has 0 amide bonds. The van der Waals surface area contributed by atoms with Crippen molar-refractivity contribution < 1.29 is 14.9 Å². The molecule has 2 N–H and O–H groups in total. The lowest BCUT2D eigenvalue weighted by molar-refractivity contribution is 0.190. The standard InChI is InChI=1S/C13H20O3/c1-11(15)12-7-3-4-8-13(12)16-10-6-2-5-9-14/h3-4,7-8,11,14-15H,2,5-6,9-10H2,1H3/t11-/m0/s1. The van der Waals surface area contributed by atoms with Gasteiger partial charge in [-0.2, -0.15) is 0 Å². The van der Waals surface area contributed by atoms with Crippen molar-refractivity contribution in [3.05, 3.63) is 29.8 Å². The molecule has 1 rings (SSSR count). The van der Waals surface area contributed by atoms with Crippen molar-refractivity contribution in [2.45, 2.75) is 32.3 Å². The van der Waals surface area contributed by atoms with Gasteiger partial charge in [-0.05, 0) is 32.3 Å². The second-order valence-electron chi connectivity index (χ2n) is 3.85. The van der Waals surface area contributed by atoms with Crippen LogP contribution in [0.15, 0.2) is 24.3 Å². The summed E-state index contributed by atoms with van der Waals surface area (Å²) in [4.78, 5) is 0. The van der Waals surface area contributed by atoms with Crippen molar-refractivity contribution in [1.82, 2.24) is 0 Å². The first-order chi connectivity index (χ1) is 7.75. The van der Waals surface area contributed by atoms with E-state index in [2.05, 4.69) is 0 Å². The Labute approximate surface area is 96.7 Å². The van der Waals surface area contributed by atoms with E-state index in [4.69, 9.17) is 9.84 Å². The summed E-state index contributed by atoms with van der Waals surface area (Å²) >= 11 is 0. The third kappa shape index (κ3) is 4.21. The number of benzene rings is 1. The smallest absolute Gasteiger partial charge is 0.125 e. The first-order valence-corrected chi connectivity index (χ1v) is 5.76. The summed E-state index contributed by atoms with van der Waals surface area (Å²) in [7, 11) is 0. The Kier molecular flexibility index (Phi) is 5.90. The largest absolute Gasteiger partial charge is 0.493 e. The Morgan fingerprint density at radius 3 is 2.62 bits per heavy atom. The number of aliphatic hydroxyl groups is 2. The van der Waals surface area contributed by atoms with Gasteiger partial charge in [0.15, 0.2) is 0 Å². The summed E-state index contributed by atoms with van der Waals surface area (Å²) in [6.45, 7) is 2.60. The van der Waals surface area contributed by atoms with Crippen molar-refractivity contribution in [1.29, 1.82) is 0 Å². The molecule has 0 fully saturated rings. The molecule has 0 saturated heterocycles. The Bertz CT molecular complexity index is 297. The zero-order chi connectivity index (χ0) is 11.8. The molecule has 3 heteroatoms. The summed E-state index contributed by atoms with van der Waals surface area (Å²) in [6, 6.07) is 7.53. The second-order valence-corrected chi connectivity index (χ2v) is 3.85. The van der Waals surface area contributed by atoms with E-state index in [0.29, 0.717) is 6.61 Å². The van der Waals surface area contributed by atoms with Gasteiger partial charge in [-0.15, -0.1) is 0 Å². The quantitative estimate of drug-likeness (QED) is 0.699. The maximum absolute atomic E-state index is 9.53. The Morgan fingerprint density at radius 1 is 1.19 bits per heavy atom. The molecule has 0 aliphatic heterocycles. The summed E-state index contributed by atoms with van der Waals surface area (Å²) < 4.78 is 5.60. The molecule has 0 aromatic heterocycles. The Morgan fingerprint density at radius 2 is 1.94 bits per heavy atom. The van der Waals surface area contributed by atoms with Crippen molar-refractivity contribution in [3.8, 4) is 5.75 Å². The lowest BCUT2D eigenvalue weighted by Gasteiger charge is -2.12. The van der Waals surface area contributed by atoms with E-state index in [-0.39, 0.29) is 6.61 Å². The number of hydrogen-bond donors (Lipinski definition) is 2. The lowest BCUT2D eigenvalue weighted by Crippen LogP contribution is -2.02. The van der Waals surface area contributed by atoms with Crippen LogP contribution in [0.3, 0.4) is 0 Å². The molecule has 0 radical (unpaired) electrons. The fourth-order valence-corrected chi connectivity index (χ4v) is 1.53. The van der Waals surface area contributed by atoms with E-state index in [9.17, 15) is 5.11 Å². The minimum Gasteiger partial charge on any atom is -0.493 e. The monoisotopic (exact) mass is 224 g/mol. The highest BCUT2D eigenvalue weighted by molar-refractivity contribution is 5.34. The first-order valence-electron chi connectivity index (χ1n) is 5.76. The van der Waals surface area contributed by atoms with Crippen molar-refractivity contribution in [2.24, 2.45) is 0 Å². The molecule has 0 heterocycles. The molecule has 0 aliphatic carbocycles. The zero-order valence-corrected chi connectivity index (χ0v) is 9.72. The molecule has 0 spiro atoms. The minimum atomic E-state index is -0.506. The molecule has 1 aromatic rings. The molecule has 16 heavy (non-hydrogen) atoms. The highest BCUT2D eigenvalue weighted by Gasteiger charge is 2.07. The van der Waals surface area contributed by atoms with Crippen LogP contribution in [-0.4, -0.2) is 23.4 Å². The summed E-state index contributed by atoms with van der Waals surface area (Å²) in [5.41, 5.74) is 0.824. The van der Waals surface area contributed by atoms with E-state index < -0.39 is 6.10 Å². The number of aliphatic hydroxyl groups excluding tert-OH is 2. The van der Waals surface area contributed by atoms with E-state index in [1.807, 2.05) is 24.3 Å². The predicted octanol–water partition coefficient (Wildman–Crippen LogP) is 2.28. The van der Waals surface area contributed by atoms with Crippen LogP contribution in [0.1, 0.15) is 37.9 Å². The van der Waals surface area contributed by atoms with Crippen LogP contribution in [0.4, 0.5) is 0 Å². The van der Waals surface area contributed by atoms with Gasteiger partial charge in [-0.25, -0.2) is 0 Å². The molecular weight excluding hydrogens is 204 g/mol. The summed E-state index contributed by atoms with van der Waals surface area (Å²) in [6.07, 6.45) is 2.21. The minimum absolute atomic E-state index is 0.240. The molecule has 3 nitrogen and oxygen atoms in total. The third-order valence-corrected chi connectivity index (χ3v) is 2.43. The molecule has 90 valence electrons.